The number of ether oxygens (including phenoxy) is 2. The van der Waals surface area contributed by atoms with E-state index < -0.39 is 23.4 Å². The molecule has 0 radical (unpaired) electrons. The number of benzene rings is 2. The topological polar surface area (TPSA) is 50.8 Å². The second-order valence-corrected chi connectivity index (χ2v) is 6.29. The van der Waals surface area contributed by atoms with Crippen LogP contribution in [0.15, 0.2) is 36.4 Å². The zero-order valence-corrected chi connectivity index (χ0v) is 13.7. The molecule has 2 atom stereocenters. The molecule has 25 heavy (non-hydrogen) atoms. The van der Waals surface area contributed by atoms with Crippen LogP contribution >= 0.6 is 0 Å². The Hall–Kier alpha value is -2.83. The lowest BCUT2D eigenvalue weighted by molar-refractivity contribution is 0.0344. The fourth-order valence-electron chi connectivity index (χ4n) is 3.55. The molecular weight excluding hydrogens is 330 g/mol. The molecule has 1 saturated heterocycles. The Balaban J connectivity index is 1.84. The van der Waals surface area contributed by atoms with Gasteiger partial charge >= 0.3 is 6.03 Å². The highest BCUT2D eigenvalue weighted by Gasteiger charge is 2.51. The molecule has 2 aliphatic rings. The van der Waals surface area contributed by atoms with Crippen LogP contribution in [0, 0.1) is 11.6 Å². The number of hydrogen-bond acceptors (Lipinski definition) is 3. The highest BCUT2D eigenvalue weighted by Crippen LogP contribution is 2.49. The van der Waals surface area contributed by atoms with Crippen molar-refractivity contribution in [1.82, 2.24) is 5.32 Å². The lowest BCUT2D eigenvalue weighted by Gasteiger charge is -2.50. The number of hydrogen-bond donors (Lipinski definition) is 1. The van der Waals surface area contributed by atoms with E-state index in [4.69, 9.17) is 9.47 Å². The summed E-state index contributed by atoms with van der Waals surface area (Å²) in [5.41, 5.74) is -0.365. The van der Waals surface area contributed by atoms with Crippen LogP contribution < -0.4 is 19.7 Å². The van der Waals surface area contributed by atoms with Crippen molar-refractivity contribution in [2.24, 2.45) is 0 Å². The van der Waals surface area contributed by atoms with Crippen molar-refractivity contribution in [2.75, 3.05) is 12.0 Å². The van der Waals surface area contributed by atoms with Gasteiger partial charge in [0.15, 0.2) is 17.2 Å². The molecule has 0 spiro atoms. The lowest BCUT2D eigenvalue weighted by Crippen LogP contribution is -2.65. The Morgan fingerprint density at radius 1 is 1.32 bits per heavy atom. The van der Waals surface area contributed by atoms with E-state index in [0.29, 0.717) is 17.9 Å². The minimum absolute atomic E-state index is 0.0433. The number of carbonyl (C=O) groups excluding carboxylic acids is 1. The zero-order chi connectivity index (χ0) is 17.8. The Bertz CT molecular complexity index is 873. The number of anilines is 1. The number of rotatable bonds is 2. The maximum atomic E-state index is 14.3. The first-order valence-corrected chi connectivity index (χ1v) is 7.84. The number of fused-ring (bicyclic) bond motifs is 4. The maximum Gasteiger partial charge on any atom is 0.325 e. The van der Waals surface area contributed by atoms with Crippen LogP contribution in [0.25, 0.3) is 0 Å². The summed E-state index contributed by atoms with van der Waals surface area (Å²) in [7, 11) is 1.53. The van der Waals surface area contributed by atoms with Crippen molar-refractivity contribution in [3.63, 3.8) is 0 Å². The molecule has 2 aliphatic heterocycles. The van der Waals surface area contributed by atoms with E-state index in [1.54, 1.807) is 13.0 Å². The monoisotopic (exact) mass is 346 g/mol. The molecule has 4 rings (SSSR count). The van der Waals surface area contributed by atoms with Gasteiger partial charge in [-0.25, -0.2) is 13.6 Å². The minimum Gasteiger partial charge on any atom is -0.493 e. The van der Waals surface area contributed by atoms with Gasteiger partial charge in [0.2, 0.25) is 0 Å². The zero-order valence-electron chi connectivity index (χ0n) is 13.7. The third-order valence-corrected chi connectivity index (χ3v) is 4.63. The van der Waals surface area contributed by atoms with Gasteiger partial charge in [0.05, 0.1) is 18.8 Å². The Morgan fingerprint density at radius 3 is 2.84 bits per heavy atom. The Labute approximate surface area is 143 Å². The second kappa shape index (κ2) is 5.34. The SMILES string of the molecule is COc1cccc2c1OC1(C)CC2NC(=O)N1c1ccc(F)cc1F. The number of halogens is 2. The number of nitrogens with one attached hydrogen (secondary N) is 1. The van der Waals surface area contributed by atoms with Crippen LogP contribution in [0.5, 0.6) is 11.5 Å². The minimum atomic E-state index is -1.13. The molecule has 130 valence electrons. The number of para-hydroxylation sites is 1. The first kappa shape index (κ1) is 15.7. The molecule has 2 aromatic carbocycles. The van der Waals surface area contributed by atoms with Crippen LogP contribution in [-0.2, 0) is 0 Å². The summed E-state index contributed by atoms with van der Waals surface area (Å²) in [5.74, 6) is -0.497. The summed E-state index contributed by atoms with van der Waals surface area (Å²) >= 11 is 0. The predicted molar refractivity (Wildman–Crippen MR) is 86.8 cm³/mol. The average Bonchev–Trinajstić information content (AvgIpc) is 2.55. The molecule has 0 saturated carbocycles. The van der Waals surface area contributed by atoms with E-state index in [2.05, 4.69) is 5.32 Å². The van der Waals surface area contributed by atoms with Gasteiger partial charge in [-0.3, -0.25) is 4.90 Å². The molecule has 2 aromatic rings. The van der Waals surface area contributed by atoms with Gasteiger partial charge in [-0.05, 0) is 25.1 Å². The second-order valence-electron chi connectivity index (χ2n) is 6.29. The lowest BCUT2D eigenvalue weighted by atomic mass is 9.90. The van der Waals surface area contributed by atoms with E-state index in [1.807, 2.05) is 12.1 Å². The molecular formula is C18H16F2N2O3. The fourth-order valence-corrected chi connectivity index (χ4v) is 3.55. The van der Waals surface area contributed by atoms with Gasteiger partial charge < -0.3 is 14.8 Å². The summed E-state index contributed by atoms with van der Waals surface area (Å²) in [4.78, 5) is 13.8. The highest BCUT2D eigenvalue weighted by atomic mass is 19.1. The molecule has 7 heteroatoms. The van der Waals surface area contributed by atoms with Gasteiger partial charge in [0, 0.05) is 18.1 Å². The Kier molecular flexibility index (Phi) is 3.35. The quantitative estimate of drug-likeness (QED) is 0.901. The van der Waals surface area contributed by atoms with Gasteiger partial charge in [-0.1, -0.05) is 12.1 Å². The predicted octanol–water partition coefficient (Wildman–Crippen LogP) is 3.74. The largest absolute Gasteiger partial charge is 0.493 e. The number of methoxy groups -OCH3 is 1. The van der Waals surface area contributed by atoms with Gasteiger partial charge in [0.25, 0.3) is 0 Å². The molecule has 2 heterocycles. The number of carbonyl (C=O) groups is 1. The van der Waals surface area contributed by atoms with Crippen molar-refractivity contribution in [2.45, 2.75) is 25.1 Å². The number of nitrogens with zero attached hydrogens (tertiary/aromatic N) is 1. The summed E-state index contributed by atoms with van der Waals surface area (Å²) in [5, 5.41) is 2.86. The van der Waals surface area contributed by atoms with Gasteiger partial charge in [0.1, 0.15) is 11.6 Å². The van der Waals surface area contributed by atoms with Crippen LogP contribution in [0.4, 0.5) is 19.3 Å². The molecule has 1 fully saturated rings. The summed E-state index contributed by atoms with van der Waals surface area (Å²) < 4.78 is 39.0. The first-order chi connectivity index (χ1) is 11.9. The fraction of sp³-hybridized carbons (Fsp3) is 0.278. The van der Waals surface area contributed by atoms with E-state index in [-0.39, 0.29) is 11.7 Å². The molecule has 2 bridgehead atoms. The van der Waals surface area contributed by atoms with E-state index in [9.17, 15) is 13.6 Å². The summed E-state index contributed by atoms with van der Waals surface area (Å²) in [6.07, 6.45) is 0.412. The molecule has 2 amide bonds. The standard InChI is InChI=1S/C18H16F2N2O3/c1-18-9-13(11-4-3-5-15(24-2)16(11)25-18)21-17(23)22(18)14-7-6-10(19)8-12(14)20/h3-8,13H,9H2,1-2H3,(H,21,23). The molecule has 0 aliphatic carbocycles. The van der Waals surface area contributed by atoms with Crippen molar-refractivity contribution < 1.29 is 23.0 Å². The molecule has 5 nitrogen and oxygen atoms in total. The number of urea groups is 1. The summed E-state index contributed by atoms with van der Waals surface area (Å²) in [6.45, 7) is 1.71. The van der Waals surface area contributed by atoms with E-state index >= 15 is 0 Å². The molecule has 0 aromatic heterocycles. The van der Waals surface area contributed by atoms with Gasteiger partial charge in [-0.15, -0.1) is 0 Å². The van der Waals surface area contributed by atoms with Crippen LogP contribution in [0.3, 0.4) is 0 Å². The highest BCUT2D eigenvalue weighted by molar-refractivity contribution is 5.95. The van der Waals surface area contributed by atoms with Crippen LogP contribution in [0.1, 0.15) is 24.9 Å². The van der Waals surface area contributed by atoms with Crippen molar-refractivity contribution in [3.8, 4) is 11.5 Å². The first-order valence-electron chi connectivity index (χ1n) is 7.84. The van der Waals surface area contributed by atoms with Crippen molar-refractivity contribution in [1.29, 1.82) is 0 Å². The third-order valence-electron chi connectivity index (χ3n) is 4.63. The normalized spacial score (nSPS) is 24.2. The number of amides is 2. The third kappa shape index (κ3) is 2.30. The Morgan fingerprint density at radius 2 is 2.12 bits per heavy atom. The van der Waals surface area contributed by atoms with E-state index in [0.717, 1.165) is 17.7 Å². The van der Waals surface area contributed by atoms with Gasteiger partial charge in [-0.2, -0.15) is 0 Å². The average molecular weight is 346 g/mol. The van der Waals surface area contributed by atoms with Crippen LogP contribution in [0.2, 0.25) is 0 Å². The van der Waals surface area contributed by atoms with Crippen LogP contribution in [-0.4, -0.2) is 18.9 Å². The van der Waals surface area contributed by atoms with Crippen molar-refractivity contribution in [3.05, 3.63) is 53.6 Å². The smallest absolute Gasteiger partial charge is 0.325 e. The molecule has 2 unspecified atom stereocenters. The van der Waals surface area contributed by atoms with Crippen molar-refractivity contribution >= 4 is 11.7 Å². The maximum absolute atomic E-state index is 14.3. The molecule has 1 N–H and O–H groups in total. The summed E-state index contributed by atoms with van der Waals surface area (Å²) in [6, 6.07) is 7.74. The van der Waals surface area contributed by atoms with E-state index in [1.165, 1.54) is 18.1 Å².